The molecule has 0 radical (unpaired) electrons. The number of hydrogen-bond acceptors (Lipinski definition) is 4. The van der Waals surface area contributed by atoms with E-state index in [4.69, 9.17) is 11.6 Å². The lowest BCUT2D eigenvalue weighted by Gasteiger charge is -2.16. The Morgan fingerprint density at radius 3 is 2.52 bits per heavy atom. The Kier molecular flexibility index (Phi) is 6.13. The molecule has 0 unspecified atom stereocenters. The smallest absolute Gasteiger partial charge is 0.247 e. The predicted octanol–water partition coefficient (Wildman–Crippen LogP) is 4.33. The van der Waals surface area contributed by atoms with Gasteiger partial charge in [0.1, 0.15) is 11.1 Å². The summed E-state index contributed by atoms with van der Waals surface area (Å²) in [5, 5.41) is 3.54. The third-order valence-corrected chi connectivity index (χ3v) is 5.20. The largest absolute Gasteiger partial charge is 0.335 e. The van der Waals surface area contributed by atoms with Crippen LogP contribution >= 0.6 is 23.4 Å². The first-order valence-corrected chi connectivity index (χ1v) is 9.59. The van der Waals surface area contributed by atoms with E-state index in [2.05, 4.69) is 10.3 Å². The zero-order valence-corrected chi connectivity index (χ0v) is 16.1. The number of amides is 2. The highest BCUT2D eigenvalue weighted by Crippen LogP contribution is 2.31. The molecule has 1 atom stereocenters. The highest BCUT2D eigenvalue weighted by molar-refractivity contribution is 8.15. The second-order valence-corrected chi connectivity index (χ2v) is 7.39. The first-order valence-electron chi connectivity index (χ1n) is 8.34. The third kappa shape index (κ3) is 4.67. The fourth-order valence-corrected chi connectivity index (χ4v) is 3.81. The van der Waals surface area contributed by atoms with Crippen molar-refractivity contribution in [3.8, 4) is 0 Å². The van der Waals surface area contributed by atoms with Crippen LogP contribution in [0.4, 0.5) is 15.8 Å². The molecule has 2 aromatic carbocycles. The van der Waals surface area contributed by atoms with Crippen molar-refractivity contribution in [3.63, 3.8) is 0 Å². The molecule has 1 aliphatic heterocycles. The number of aliphatic imine (C=N–C) groups is 1. The van der Waals surface area contributed by atoms with Gasteiger partial charge in [-0.1, -0.05) is 23.4 Å². The molecule has 5 nitrogen and oxygen atoms in total. The van der Waals surface area contributed by atoms with Crippen LogP contribution in [0.1, 0.15) is 13.3 Å². The van der Waals surface area contributed by atoms with Gasteiger partial charge in [-0.2, -0.15) is 0 Å². The van der Waals surface area contributed by atoms with Crippen LogP contribution < -0.4 is 10.2 Å². The number of carbonyl (C=O) groups excluding carboxylic acids is 2. The van der Waals surface area contributed by atoms with Gasteiger partial charge < -0.3 is 5.32 Å². The minimum atomic E-state index is -0.577. The molecule has 0 aromatic heterocycles. The number of nitrogens with one attached hydrogen (secondary N) is 1. The first-order chi connectivity index (χ1) is 13.0. The average Bonchev–Trinajstić information content (AvgIpc) is 2.92. The van der Waals surface area contributed by atoms with Crippen molar-refractivity contribution in [1.29, 1.82) is 0 Å². The third-order valence-electron chi connectivity index (χ3n) is 3.84. The molecule has 1 fully saturated rings. The second-order valence-electron chi connectivity index (χ2n) is 5.77. The maximum atomic E-state index is 13.1. The molecule has 1 saturated heterocycles. The van der Waals surface area contributed by atoms with Gasteiger partial charge in [0.15, 0.2) is 5.17 Å². The minimum absolute atomic E-state index is 0.0833. The predicted molar refractivity (Wildman–Crippen MR) is 108 cm³/mol. The first kappa shape index (κ1) is 19.4. The number of imide groups is 1. The summed E-state index contributed by atoms with van der Waals surface area (Å²) in [5.74, 6) is -0.896. The molecule has 0 aliphatic carbocycles. The SMILES string of the molecule is CCN=C(Nc1ccc(F)cc1)S[C@@H]1CC(=O)N(c2ccc(Cl)cc2)C1=O. The van der Waals surface area contributed by atoms with E-state index in [1.165, 1.54) is 28.8 Å². The zero-order chi connectivity index (χ0) is 19.4. The van der Waals surface area contributed by atoms with Gasteiger partial charge in [0.25, 0.3) is 0 Å². The second kappa shape index (κ2) is 8.54. The molecule has 140 valence electrons. The van der Waals surface area contributed by atoms with Crippen molar-refractivity contribution >= 4 is 51.7 Å². The molecular formula is C19H17ClFN3O2S. The van der Waals surface area contributed by atoms with Gasteiger partial charge in [-0.15, -0.1) is 0 Å². The molecule has 0 saturated carbocycles. The summed E-state index contributed by atoms with van der Waals surface area (Å²) >= 11 is 7.07. The van der Waals surface area contributed by atoms with Crippen LogP contribution in [0.3, 0.4) is 0 Å². The highest BCUT2D eigenvalue weighted by atomic mass is 35.5. The summed E-state index contributed by atoms with van der Waals surface area (Å²) in [4.78, 5) is 30.7. The lowest BCUT2D eigenvalue weighted by molar-refractivity contribution is -0.121. The van der Waals surface area contributed by atoms with Gasteiger partial charge in [0, 0.05) is 23.7 Å². The minimum Gasteiger partial charge on any atom is -0.335 e. The van der Waals surface area contributed by atoms with E-state index in [-0.39, 0.29) is 24.1 Å². The van der Waals surface area contributed by atoms with Crippen molar-refractivity contribution in [2.45, 2.75) is 18.6 Å². The summed E-state index contributed by atoms with van der Waals surface area (Å²) in [6, 6.07) is 12.4. The van der Waals surface area contributed by atoms with Gasteiger partial charge in [-0.05, 0) is 55.5 Å². The number of thioether (sulfide) groups is 1. The van der Waals surface area contributed by atoms with Crippen LogP contribution in [-0.4, -0.2) is 28.8 Å². The van der Waals surface area contributed by atoms with E-state index in [0.717, 1.165) is 0 Å². The van der Waals surface area contributed by atoms with Crippen LogP contribution in [-0.2, 0) is 9.59 Å². The molecular weight excluding hydrogens is 389 g/mol. The van der Waals surface area contributed by atoms with Crippen molar-refractivity contribution in [2.24, 2.45) is 4.99 Å². The van der Waals surface area contributed by atoms with E-state index >= 15 is 0 Å². The topological polar surface area (TPSA) is 61.8 Å². The molecule has 8 heteroatoms. The molecule has 1 heterocycles. The molecule has 3 rings (SSSR count). The van der Waals surface area contributed by atoms with E-state index < -0.39 is 5.25 Å². The van der Waals surface area contributed by atoms with Gasteiger partial charge in [-0.25, -0.2) is 9.29 Å². The van der Waals surface area contributed by atoms with E-state index in [9.17, 15) is 14.0 Å². The summed E-state index contributed by atoms with van der Waals surface area (Å²) < 4.78 is 13.1. The molecule has 0 bridgehead atoms. The van der Waals surface area contributed by atoms with Gasteiger partial charge in [-0.3, -0.25) is 14.6 Å². The number of amidine groups is 1. The van der Waals surface area contributed by atoms with Crippen molar-refractivity contribution < 1.29 is 14.0 Å². The van der Waals surface area contributed by atoms with Crippen molar-refractivity contribution in [3.05, 3.63) is 59.4 Å². The Morgan fingerprint density at radius 1 is 1.22 bits per heavy atom. The maximum absolute atomic E-state index is 13.1. The van der Waals surface area contributed by atoms with E-state index in [1.54, 1.807) is 36.4 Å². The Balaban J connectivity index is 1.74. The van der Waals surface area contributed by atoms with Crippen LogP contribution in [0.15, 0.2) is 53.5 Å². The number of nitrogens with zero attached hydrogens (tertiary/aromatic N) is 2. The Hall–Kier alpha value is -2.38. The van der Waals surface area contributed by atoms with E-state index in [0.29, 0.717) is 28.1 Å². The zero-order valence-electron chi connectivity index (χ0n) is 14.5. The quantitative estimate of drug-likeness (QED) is 0.467. The fourth-order valence-electron chi connectivity index (χ4n) is 2.60. The summed E-state index contributed by atoms with van der Waals surface area (Å²) in [5.41, 5.74) is 1.15. The van der Waals surface area contributed by atoms with Crippen LogP contribution in [0, 0.1) is 5.82 Å². The fraction of sp³-hybridized carbons (Fsp3) is 0.211. The number of halogens is 2. The standard InChI is InChI=1S/C19H17ClFN3O2S/c1-2-22-19(23-14-7-5-13(21)6-8-14)27-16-11-17(25)24(18(16)26)15-9-3-12(20)4-10-15/h3-10,16H,2,11H2,1H3,(H,22,23)/t16-/m1/s1. The number of anilines is 2. The monoisotopic (exact) mass is 405 g/mol. The highest BCUT2D eigenvalue weighted by Gasteiger charge is 2.40. The maximum Gasteiger partial charge on any atom is 0.247 e. The summed E-state index contributed by atoms with van der Waals surface area (Å²) in [7, 11) is 0. The number of carbonyl (C=O) groups is 2. The van der Waals surface area contributed by atoms with Gasteiger partial charge in [0.05, 0.1) is 5.69 Å². The number of rotatable bonds is 4. The summed E-state index contributed by atoms with van der Waals surface area (Å²) in [6.45, 7) is 2.38. The lowest BCUT2D eigenvalue weighted by atomic mass is 10.3. The Labute approximate surface area is 165 Å². The van der Waals surface area contributed by atoms with Crippen LogP contribution in [0.25, 0.3) is 0 Å². The molecule has 2 amide bonds. The molecule has 0 spiro atoms. The summed E-state index contributed by atoms with van der Waals surface area (Å²) in [6.07, 6.45) is 0.0833. The van der Waals surface area contributed by atoms with Crippen molar-refractivity contribution in [2.75, 3.05) is 16.8 Å². The lowest BCUT2D eigenvalue weighted by Crippen LogP contribution is -2.31. The molecule has 1 aliphatic rings. The molecule has 1 N–H and O–H groups in total. The Bertz CT molecular complexity index is 872. The van der Waals surface area contributed by atoms with Crippen LogP contribution in [0.2, 0.25) is 5.02 Å². The molecule has 27 heavy (non-hydrogen) atoms. The van der Waals surface area contributed by atoms with Crippen LogP contribution in [0.5, 0.6) is 0 Å². The number of hydrogen-bond donors (Lipinski definition) is 1. The van der Waals surface area contributed by atoms with E-state index in [1.807, 2.05) is 6.92 Å². The average molecular weight is 406 g/mol. The van der Waals surface area contributed by atoms with Crippen molar-refractivity contribution in [1.82, 2.24) is 0 Å². The normalized spacial score (nSPS) is 17.5. The van der Waals surface area contributed by atoms with Gasteiger partial charge >= 0.3 is 0 Å². The van der Waals surface area contributed by atoms with Gasteiger partial charge in [0.2, 0.25) is 11.8 Å². The molecule has 2 aromatic rings. The Morgan fingerprint density at radius 2 is 1.89 bits per heavy atom. The number of benzene rings is 2.